The highest BCUT2D eigenvalue weighted by Crippen LogP contribution is 2.33. The Balaban J connectivity index is 2.31. The van der Waals surface area contributed by atoms with Gasteiger partial charge in [0.2, 0.25) is 5.91 Å². The number of aliphatic hydroxyl groups excluding tert-OH is 3. The fourth-order valence-corrected chi connectivity index (χ4v) is 2.69. The smallest absolute Gasteiger partial charge is 0.222 e. The summed E-state index contributed by atoms with van der Waals surface area (Å²) in [5.74, 6) is 0.133. The Hall–Kier alpha value is -1.67. The zero-order chi connectivity index (χ0) is 17.9. The van der Waals surface area contributed by atoms with Gasteiger partial charge >= 0.3 is 0 Å². The third-order valence-electron chi connectivity index (χ3n) is 4.20. The van der Waals surface area contributed by atoms with Gasteiger partial charge in [0.25, 0.3) is 0 Å². The van der Waals surface area contributed by atoms with Crippen molar-refractivity contribution in [2.75, 3.05) is 13.7 Å². The Morgan fingerprint density at radius 1 is 1.25 bits per heavy atom. The largest absolute Gasteiger partial charge is 0.497 e. The van der Waals surface area contributed by atoms with Crippen LogP contribution in [0, 0.1) is 5.92 Å². The molecule has 0 aromatic heterocycles. The van der Waals surface area contributed by atoms with Gasteiger partial charge in [0.1, 0.15) is 30.2 Å². The van der Waals surface area contributed by atoms with Crippen LogP contribution in [0.4, 0.5) is 0 Å². The maximum Gasteiger partial charge on any atom is 0.222 e. The topological polar surface area (TPSA) is 108 Å². The average Bonchev–Trinajstić information content (AvgIpc) is 2.59. The van der Waals surface area contributed by atoms with Crippen molar-refractivity contribution < 1.29 is 29.6 Å². The summed E-state index contributed by atoms with van der Waals surface area (Å²) in [6.45, 7) is 3.04. The summed E-state index contributed by atoms with van der Waals surface area (Å²) in [6.07, 6.45) is -4.18. The van der Waals surface area contributed by atoms with Crippen molar-refractivity contribution in [2.24, 2.45) is 5.92 Å². The molecule has 4 N–H and O–H groups in total. The van der Waals surface area contributed by atoms with Crippen LogP contribution in [-0.2, 0) is 9.53 Å². The van der Waals surface area contributed by atoms with E-state index in [1.807, 2.05) is 0 Å². The van der Waals surface area contributed by atoms with Gasteiger partial charge in [0.05, 0.1) is 19.8 Å². The third-order valence-corrected chi connectivity index (χ3v) is 4.20. The van der Waals surface area contributed by atoms with Gasteiger partial charge in [0.15, 0.2) is 0 Å². The highest BCUT2D eigenvalue weighted by Gasteiger charge is 2.45. The lowest BCUT2D eigenvalue weighted by atomic mass is 9.88. The molecule has 1 amide bonds. The minimum Gasteiger partial charge on any atom is -0.497 e. The molecular weight excluding hydrogens is 314 g/mol. The van der Waals surface area contributed by atoms with Crippen LogP contribution in [0.5, 0.6) is 5.75 Å². The van der Waals surface area contributed by atoms with Gasteiger partial charge < -0.3 is 30.1 Å². The summed E-state index contributed by atoms with van der Waals surface area (Å²) in [4.78, 5) is 12.1. The summed E-state index contributed by atoms with van der Waals surface area (Å²) in [6, 6.07) is 6.18. The number of hydrogen-bond donors (Lipinski definition) is 4. The van der Waals surface area contributed by atoms with E-state index in [1.165, 1.54) is 0 Å². The zero-order valence-corrected chi connectivity index (χ0v) is 14.0. The fourth-order valence-electron chi connectivity index (χ4n) is 2.69. The second-order valence-electron chi connectivity index (χ2n) is 6.22. The number of nitrogens with one attached hydrogen (secondary N) is 1. The molecule has 2 rings (SSSR count). The van der Waals surface area contributed by atoms with Crippen LogP contribution in [-0.4, -0.2) is 59.3 Å². The molecule has 0 saturated carbocycles. The number of methoxy groups -OCH3 is 1. The molecule has 0 unspecified atom stereocenters. The molecular formula is C17H25NO6. The Morgan fingerprint density at radius 3 is 2.38 bits per heavy atom. The molecule has 0 aliphatic carbocycles. The van der Waals surface area contributed by atoms with Crippen molar-refractivity contribution >= 4 is 5.91 Å². The molecule has 0 spiro atoms. The first kappa shape index (κ1) is 18.7. The van der Waals surface area contributed by atoms with Crippen LogP contribution in [0.15, 0.2) is 24.3 Å². The molecule has 0 radical (unpaired) electrons. The van der Waals surface area contributed by atoms with E-state index in [-0.39, 0.29) is 11.8 Å². The SMILES string of the molecule is COc1ccc([C@@H]2O[C@H](CO)[C@H](O)[C@H](O)[C@H]2NC(=O)C(C)C)cc1. The number of benzene rings is 1. The maximum atomic E-state index is 12.1. The second-order valence-corrected chi connectivity index (χ2v) is 6.22. The van der Waals surface area contributed by atoms with Crippen molar-refractivity contribution in [3.05, 3.63) is 29.8 Å². The van der Waals surface area contributed by atoms with Crippen molar-refractivity contribution in [1.29, 1.82) is 0 Å². The molecule has 1 heterocycles. The van der Waals surface area contributed by atoms with Crippen LogP contribution in [0.1, 0.15) is 25.5 Å². The number of amides is 1. The van der Waals surface area contributed by atoms with Gasteiger partial charge in [-0.2, -0.15) is 0 Å². The molecule has 7 nitrogen and oxygen atoms in total. The Morgan fingerprint density at radius 2 is 1.88 bits per heavy atom. The predicted molar refractivity (Wildman–Crippen MR) is 86.5 cm³/mol. The molecule has 1 fully saturated rings. The predicted octanol–water partition coefficient (Wildman–Crippen LogP) is -0.0100. The third kappa shape index (κ3) is 3.87. The quantitative estimate of drug-likeness (QED) is 0.601. The van der Waals surface area contributed by atoms with Gasteiger partial charge in [-0.25, -0.2) is 0 Å². The molecule has 7 heteroatoms. The van der Waals surface area contributed by atoms with E-state index in [1.54, 1.807) is 45.2 Å². The molecule has 1 aliphatic rings. The van der Waals surface area contributed by atoms with Crippen LogP contribution in [0.3, 0.4) is 0 Å². The molecule has 24 heavy (non-hydrogen) atoms. The van der Waals surface area contributed by atoms with Gasteiger partial charge in [-0.1, -0.05) is 26.0 Å². The summed E-state index contributed by atoms with van der Waals surface area (Å²) in [5, 5.41) is 32.6. The molecule has 1 aromatic rings. The fraction of sp³-hybridized carbons (Fsp3) is 0.588. The van der Waals surface area contributed by atoms with Crippen molar-refractivity contribution in [1.82, 2.24) is 5.32 Å². The average molecular weight is 339 g/mol. The zero-order valence-electron chi connectivity index (χ0n) is 14.0. The first-order chi connectivity index (χ1) is 11.4. The number of aliphatic hydroxyl groups is 3. The Bertz CT molecular complexity index is 547. The van der Waals surface area contributed by atoms with E-state index in [4.69, 9.17) is 9.47 Å². The van der Waals surface area contributed by atoms with E-state index >= 15 is 0 Å². The van der Waals surface area contributed by atoms with E-state index in [9.17, 15) is 20.1 Å². The lowest BCUT2D eigenvalue weighted by molar-refractivity contribution is -0.198. The minimum atomic E-state index is -1.29. The lowest BCUT2D eigenvalue weighted by Crippen LogP contribution is -2.61. The number of carbonyl (C=O) groups is 1. The van der Waals surface area contributed by atoms with Crippen molar-refractivity contribution in [3.8, 4) is 5.75 Å². The van der Waals surface area contributed by atoms with Gasteiger partial charge in [-0.15, -0.1) is 0 Å². The first-order valence-corrected chi connectivity index (χ1v) is 7.95. The molecule has 1 aliphatic heterocycles. The molecule has 0 bridgehead atoms. The number of rotatable bonds is 5. The van der Waals surface area contributed by atoms with Gasteiger partial charge in [-0.05, 0) is 17.7 Å². The monoisotopic (exact) mass is 339 g/mol. The lowest BCUT2D eigenvalue weighted by Gasteiger charge is -2.43. The number of carbonyl (C=O) groups excluding carboxylic acids is 1. The number of ether oxygens (including phenoxy) is 2. The summed E-state index contributed by atoms with van der Waals surface area (Å²) in [5.41, 5.74) is 0.703. The first-order valence-electron chi connectivity index (χ1n) is 7.95. The number of hydrogen-bond acceptors (Lipinski definition) is 6. The molecule has 5 atom stereocenters. The van der Waals surface area contributed by atoms with Crippen molar-refractivity contribution in [3.63, 3.8) is 0 Å². The van der Waals surface area contributed by atoms with Crippen LogP contribution < -0.4 is 10.1 Å². The minimum absolute atomic E-state index is 0.254. The highest BCUT2D eigenvalue weighted by atomic mass is 16.5. The standard InChI is InChI=1S/C17H25NO6/c1-9(2)17(22)18-13-15(21)14(20)12(8-19)24-16(13)10-4-6-11(23-3)7-5-10/h4-7,9,12-16,19-21H,8H2,1-3H3,(H,18,22)/t12-,13-,14+,15-,16+/m1/s1. The maximum absolute atomic E-state index is 12.1. The van der Waals surface area contributed by atoms with Crippen LogP contribution in [0.25, 0.3) is 0 Å². The molecule has 1 aromatic carbocycles. The normalized spacial score (nSPS) is 30.2. The Labute approximate surface area is 141 Å². The van der Waals surface area contributed by atoms with E-state index < -0.39 is 37.1 Å². The summed E-state index contributed by atoms with van der Waals surface area (Å²) < 4.78 is 10.9. The van der Waals surface area contributed by atoms with Crippen molar-refractivity contribution in [2.45, 2.75) is 44.3 Å². The second kappa shape index (κ2) is 7.94. The van der Waals surface area contributed by atoms with E-state index in [0.717, 1.165) is 0 Å². The van der Waals surface area contributed by atoms with E-state index in [0.29, 0.717) is 11.3 Å². The highest BCUT2D eigenvalue weighted by molar-refractivity contribution is 5.78. The summed E-state index contributed by atoms with van der Waals surface area (Å²) in [7, 11) is 1.56. The molecule has 1 saturated heterocycles. The summed E-state index contributed by atoms with van der Waals surface area (Å²) >= 11 is 0. The Kier molecular flexibility index (Phi) is 6.17. The van der Waals surface area contributed by atoms with Crippen LogP contribution in [0.2, 0.25) is 0 Å². The van der Waals surface area contributed by atoms with Crippen LogP contribution >= 0.6 is 0 Å². The van der Waals surface area contributed by atoms with Gasteiger partial charge in [-0.3, -0.25) is 4.79 Å². The molecule has 134 valence electrons. The van der Waals surface area contributed by atoms with Gasteiger partial charge in [0, 0.05) is 5.92 Å². The van der Waals surface area contributed by atoms with E-state index in [2.05, 4.69) is 5.32 Å².